The molecule has 0 fully saturated rings. The van der Waals surface area contributed by atoms with E-state index in [-0.39, 0.29) is 13.2 Å². The maximum atomic E-state index is 10.6. The zero-order chi connectivity index (χ0) is 16.8. The van der Waals surface area contributed by atoms with Crippen LogP contribution in [-0.4, -0.2) is 17.6 Å². The van der Waals surface area contributed by atoms with Gasteiger partial charge in [-0.05, 0) is 30.3 Å². The number of nitrogens with one attached hydrogen (secondary N) is 1. The Kier molecular flexibility index (Phi) is 6.54. The quantitative estimate of drug-likeness (QED) is 0.754. The number of halogens is 3. The number of carboxylic acid groups (broad SMARTS) is 1. The highest BCUT2D eigenvalue weighted by Gasteiger charge is 2.08. The highest BCUT2D eigenvalue weighted by atomic mass is 35.5. The minimum absolute atomic E-state index is 0.144. The van der Waals surface area contributed by atoms with Crippen LogP contribution in [0, 0.1) is 0 Å². The molecule has 122 valence electrons. The Morgan fingerprint density at radius 3 is 2.43 bits per heavy atom. The minimum Gasteiger partial charge on any atom is -0.489 e. The molecule has 4 nitrogen and oxygen atoms in total. The fourth-order valence-electron chi connectivity index (χ4n) is 1.93. The first-order chi connectivity index (χ1) is 11.0. The van der Waals surface area contributed by atoms with E-state index in [1.807, 2.05) is 0 Å². The highest BCUT2D eigenvalue weighted by Crippen LogP contribution is 2.26. The Bertz CT molecular complexity index is 707. The van der Waals surface area contributed by atoms with Crippen molar-refractivity contribution in [1.82, 2.24) is 5.32 Å². The van der Waals surface area contributed by atoms with Crippen LogP contribution >= 0.6 is 34.8 Å². The van der Waals surface area contributed by atoms with Crippen molar-refractivity contribution in [3.63, 3.8) is 0 Å². The van der Waals surface area contributed by atoms with Gasteiger partial charge in [0.15, 0.2) is 0 Å². The number of ether oxygens (including phenoxy) is 1. The summed E-state index contributed by atoms with van der Waals surface area (Å²) in [5.41, 5.74) is 1.57. The third-order valence-electron chi connectivity index (χ3n) is 3.01. The molecular formula is C16H14Cl3NO3. The van der Waals surface area contributed by atoms with Crippen LogP contribution in [0.2, 0.25) is 15.1 Å². The maximum Gasteiger partial charge on any atom is 0.317 e. The lowest BCUT2D eigenvalue weighted by Crippen LogP contribution is -2.22. The second-order valence-corrected chi connectivity index (χ2v) is 6.05. The predicted octanol–water partition coefficient (Wildman–Crippen LogP) is 4.40. The summed E-state index contributed by atoms with van der Waals surface area (Å²) in [6.45, 7) is 0.453. The van der Waals surface area contributed by atoms with Gasteiger partial charge < -0.3 is 15.2 Å². The van der Waals surface area contributed by atoms with E-state index in [2.05, 4.69) is 5.32 Å². The molecule has 0 atom stereocenters. The average Bonchev–Trinajstić information content (AvgIpc) is 2.47. The second kappa shape index (κ2) is 8.41. The number of aliphatic carboxylic acids is 1. The Morgan fingerprint density at radius 2 is 1.74 bits per heavy atom. The summed E-state index contributed by atoms with van der Waals surface area (Å²) < 4.78 is 5.78. The lowest BCUT2D eigenvalue weighted by Gasteiger charge is -2.13. The van der Waals surface area contributed by atoms with Gasteiger partial charge in [0.05, 0.1) is 6.54 Å². The van der Waals surface area contributed by atoms with Gasteiger partial charge in [0, 0.05) is 32.7 Å². The van der Waals surface area contributed by atoms with Gasteiger partial charge in [-0.15, -0.1) is 0 Å². The molecule has 0 heterocycles. The van der Waals surface area contributed by atoms with Crippen LogP contribution in [-0.2, 0) is 17.9 Å². The molecule has 2 aromatic rings. The van der Waals surface area contributed by atoms with Crippen LogP contribution in [0.15, 0.2) is 36.4 Å². The summed E-state index contributed by atoms with van der Waals surface area (Å²) in [6, 6.07) is 10.4. The summed E-state index contributed by atoms with van der Waals surface area (Å²) in [7, 11) is 0. The molecule has 0 saturated carbocycles. The highest BCUT2D eigenvalue weighted by molar-refractivity contribution is 6.35. The molecule has 2 aromatic carbocycles. The van der Waals surface area contributed by atoms with Crippen LogP contribution in [0.1, 0.15) is 11.1 Å². The normalized spacial score (nSPS) is 10.6. The molecule has 0 aliphatic heterocycles. The smallest absolute Gasteiger partial charge is 0.317 e. The van der Waals surface area contributed by atoms with E-state index in [0.29, 0.717) is 27.4 Å². The lowest BCUT2D eigenvalue weighted by atomic mass is 10.2. The van der Waals surface area contributed by atoms with Gasteiger partial charge in [-0.3, -0.25) is 4.79 Å². The zero-order valence-corrected chi connectivity index (χ0v) is 14.3. The van der Waals surface area contributed by atoms with E-state index in [4.69, 9.17) is 44.6 Å². The largest absolute Gasteiger partial charge is 0.489 e. The van der Waals surface area contributed by atoms with Gasteiger partial charge >= 0.3 is 5.97 Å². The fourth-order valence-corrected chi connectivity index (χ4v) is 2.58. The second-order valence-electron chi connectivity index (χ2n) is 4.77. The van der Waals surface area contributed by atoms with Gasteiger partial charge in [-0.25, -0.2) is 0 Å². The summed E-state index contributed by atoms with van der Waals surface area (Å²) >= 11 is 18.0. The van der Waals surface area contributed by atoms with Crippen molar-refractivity contribution in [2.24, 2.45) is 0 Å². The molecule has 0 unspecified atom stereocenters. The molecule has 2 rings (SSSR count). The van der Waals surface area contributed by atoms with E-state index in [0.717, 1.165) is 11.1 Å². The van der Waals surface area contributed by atoms with Crippen molar-refractivity contribution in [3.05, 3.63) is 62.6 Å². The number of benzene rings is 2. The fraction of sp³-hybridized carbons (Fsp3) is 0.188. The topological polar surface area (TPSA) is 58.6 Å². The van der Waals surface area contributed by atoms with Gasteiger partial charge in [-0.2, -0.15) is 0 Å². The Labute approximate surface area is 148 Å². The maximum absolute atomic E-state index is 10.6. The SMILES string of the molecule is O=C(O)CNCc1cc(Cl)ccc1OCc1ccc(Cl)cc1Cl. The monoisotopic (exact) mass is 373 g/mol. The molecule has 0 aliphatic carbocycles. The van der Waals surface area contributed by atoms with Gasteiger partial charge in [-0.1, -0.05) is 40.9 Å². The van der Waals surface area contributed by atoms with E-state index in [9.17, 15) is 4.79 Å². The summed E-state index contributed by atoms with van der Waals surface area (Å²) in [5, 5.41) is 13.1. The van der Waals surface area contributed by atoms with Crippen molar-refractivity contribution in [2.75, 3.05) is 6.54 Å². The van der Waals surface area contributed by atoms with E-state index >= 15 is 0 Å². The number of hydrogen-bond acceptors (Lipinski definition) is 3. The number of carbonyl (C=O) groups is 1. The van der Waals surface area contributed by atoms with Crippen LogP contribution in [0.3, 0.4) is 0 Å². The molecular weight excluding hydrogens is 361 g/mol. The van der Waals surface area contributed by atoms with E-state index in [1.165, 1.54) is 0 Å². The zero-order valence-electron chi connectivity index (χ0n) is 12.0. The van der Waals surface area contributed by atoms with Gasteiger partial charge in [0.1, 0.15) is 12.4 Å². The summed E-state index contributed by atoms with van der Waals surface area (Å²) in [6.07, 6.45) is 0. The average molecular weight is 375 g/mol. The van der Waals surface area contributed by atoms with Crippen LogP contribution in [0.5, 0.6) is 5.75 Å². The molecule has 0 amide bonds. The molecule has 0 saturated heterocycles. The van der Waals surface area contributed by atoms with E-state index < -0.39 is 5.97 Å². The molecule has 23 heavy (non-hydrogen) atoms. The van der Waals surface area contributed by atoms with Crippen molar-refractivity contribution in [3.8, 4) is 5.75 Å². The van der Waals surface area contributed by atoms with Gasteiger partial charge in [0.2, 0.25) is 0 Å². The number of hydrogen-bond donors (Lipinski definition) is 2. The molecule has 0 bridgehead atoms. The third-order valence-corrected chi connectivity index (χ3v) is 3.83. The van der Waals surface area contributed by atoms with Crippen molar-refractivity contribution in [2.45, 2.75) is 13.2 Å². The summed E-state index contributed by atoms with van der Waals surface area (Å²) in [5.74, 6) is -0.319. The Balaban J connectivity index is 2.07. The molecule has 0 aliphatic rings. The van der Waals surface area contributed by atoms with Crippen molar-refractivity contribution >= 4 is 40.8 Å². The van der Waals surface area contributed by atoms with Crippen LogP contribution in [0.4, 0.5) is 0 Å². The Morgan fingerprint density at radius 1 is 1.04 bits per heavy atom. The predicted molar refractivity (Wildman–Crippen MR) is 91.6 cm³/mol. The molecule has 0 spiro atoms. The van der Waals surface area contributed by atoms with Crippen LogP contribution < -0.4 is 10.1 Å². The first-order valence-corrected chi connectivity index (χ1v) is 7.87. The molecule has 0 aromatic heterocycles. The summed E-state index contributed by atoms with van der Waals surface area (Å²) in [4.78, 5) is 10.6. The first kappa shape index (κ1) is 17.9. The standard InChI is InChI=1S/C16H14Cl3NO3/c17-12-3-4-15(11(5-12)7-20-8-16(21)22)23-9-10-1-2-13(18)6-14(10)19/h1-6,20H,7-9H2,(H,21,22). The Hall–Kier alpha value is -1.46. The molecule has 7 heteroatoms. The van der Waals surface area contributed by atoms with Gasteiger partial charge in [0.25, 0.3) is 0 Å². The van der Waals surface area contributed by atoms with Crippen LogP contribution in [0.25, 0.3) is 0 Å². The first-order valence-electron chi connectivity index (χ1n) is 6.73. The minimum atomic E-state index is -0.928. The van der Waals surface area contributed by atoms with Crippen molar-refractivity contribution < 1.29 is 14.6 Å². The molecule has 0 radical (unpaired) electrons. The van der Waals surface area contributed by atoms with E-state index in [1.54, 1.807) is 36.4 Å². The third kappa shape index (κ3) is 5.59. The lowest BCUT2D eigenvalue weighted by molar-refractivity contribution is -0.136. The number of carboxylic acids is 1. The number of rotatable bonds is 7. The van der Waals surface area contributed by atoms with Crippen molar-refractivity contribution in [1.29, 1.82) is 0 Å². The molecule has 2 N–H and O–H groups in total.